The molecule has 16 heavy (non-hydrogen) atoms. The van der Waals surface area contributed by atoms with Gasteiger partial charge in [0, 0.05) is 11.9 Å². The fourth-order valence-corrected chi connectivity index (χ4v) is 1.88. The molecule has 1 aliphatic heterocycles. The Morgan fingerprint density at radius 2 is 2.00 bits per heavy atom. The van der Waals surface area contributed by atoms with E-state index in [1.165, 1.54) is 43.3 Å². The van der Waals surface area contributed by atoms with Crippen molar-refractivity contribution in [3.63, 3.8) is 0 Å². The lowest BCUT2D eigenvalue weighted by Crippen LogP contribution is -2.10. The van der Waals surface area contributed by atoms with Crippen molar-refractivity contribution >= 4 is 0 Å². The molecule has 88 valence electrons. The maximum Gasteiger partial charge on any atom is 0.0382 e. The molecular formula is C15H23N. The van der Waals surface area contributed by atoms with Gasteiger partial charge in [-0.05, 0) is 30.1 Å². The standard InChI is InChI=1S/C15H23N/c1-4-5-6-7-8-10-13(2)15-11-9-12-16-14(15)3/h9,11-12,16H,2-8,10H2,1H3. The second-order valence-electron chi connectivity index (χ2n) is 4.33. The lowest BCUT2D eigenvalue weighted by molar-refractivity contribution is 0.632. The summed E-state index contributed by atoms with van der Waals surface area (Å²) in [6.45, 7) is 10.4. The van der Waals surface area contributed by atoms with E-state index >= 15 is 0 Å². The minimum absolute atomic E-state index is 0.973. The number of rotatable bonds is 7. The molecule has 0 atom stereocenters. The van der Waals surface area contributed by atoms with Crippen molar-refractivity contribution in [2.75, 3.05) is 0 Å². The third-order valence-corrected chi connectivity index (χ3v) is 2.90. The van der Waals surface area contributed by atoms with Crippen molar-refractivity contribution in [3.05, 3.63) is 48.4 Å². The van der Waals surface area contributed by atoms with Gasteiger partial charge in [0.05, 0.1) is 0 Å². The molecular weight excluding hydrogens is 194 g/mol. The molecule has 1 heteroatoms. The first-order valence-corrected chi connectivity index (χ1v) is 6.26. The summed E-state index contributed by atoms with van der Waals surface area (Å²) in [4.78, 5) is 0. The van der Waals surface area contributed by atoms with Crippen LogP contribution in [-0.2, 0) is 0 Å². The maximum absolute atomic E-state index is 4.14. The highest BCUT2D eigenvalue weighted by atomic mass is 14.9. The Morgan fingerprint density at radius 1 is 1.25 bits per heavy atom. The SMILES string of the molecule is C=C(CCCCCCC)C1=CC=CNC1=C. The molecule has 0 aromatic carbocycles. The smallest absolute Gasteiger partial charge is 0.0382 e. The molecule has 0 aliphatic carbocycles. The largest absolute Gasteiger partial charge is 0.362 e. The Balaban J connectivity index is 2.27. The molecule has 0 spiro atoms. The Bertz CT molecular complexity index is 307. The second kappa shape index (κ2) is 7.10. The molecule has 1 heterocycles. The summed E-state index contributed by atoms with van der Waals surface area (Å²) in [7, 11) is 0. The number of allylic oxidation sites excluding steroid dienone is 3. The molecule has 0 saturated carbocycles. The van der Waals surface area contributed by atoms with Crippen LogP contribution < -0.4 is 5.32 Å². The molecule has 0 aromatic rings. The van der Waals surface area contributed by atoms with Gasteiger partial charge in [0.15, 0.2) is 0 Å². The van der Waals surface area contributed by atoms with Crippen LogP contribution in [0, 0.1) is 0 Å². The molecule has 1 N–H and O–H groups in total. The first-order chi connectivity index (χ1) is 7.75. The number of nitrogens with one attached hydrogen (secondary N) is 1. The van der Waals surface area contributed by atoms with Crippen molar-refractivity contribution in [1.29, 1.82) is 0 Å². The Hall–Kier alpha value is -1.24. The fourth-order valence-electron chi connectivity index (χ4n) is 1.88. The molecule has 0 aromatic heterocycles. The summed E-state index contributed by atoms with van der Waals surface area (Å²) >= 11 is 0. The lowest BCUT2D eigenvalue weighted by Gasteiger charge is -2.16. The summed E-state index contributed by atoms with van der Waals surface area (Å²) in [6.07, 6.45) is 13.7. The molecule has 0 radical (unpaired) electrons. The zero-order valence-corrected chi connectivity index (χ0v) is 10.4. The third kappa shape index (κ3) is 4.09. The first-order valence-electron chi connectivity index (χ1n) is 6.26. The lowest BCUT2D eigenvalue weighted by atomic mass is 9.97. The van der Waals surface area contributed by atoms with Crippen molar-refractivity contribution in [2.45, 2.75) is 45.4 Å². The van der Waals surface area contributed by atoms with Crippen LogP contribution in [0.15, 0.2) is 48.4 Å². The molecule has 0 bridgehead atoms. The average molecular weight is 217 g/mol. The highest BCUT2D eigenvalue weighted by molar-refractivity contribution is 5.47. The molecule has 1 aliphatic rings. The van der Waals surface area contributed by atoms with Gasteiger partial charge in [-0.25, -0.2) is 0 Å². The van der Waals surface area contributed by atoms with Gasteiger partial charge < -0.3 is 5.32 Å². The van der Waals surface area contributed by atoms with Crippen molar-refractivity contribution in [2.24, 2.45) is 0 Å². The normalized spacial score (nSPS) is 14.6. The van der Waals surface area contributed by atoms with E-state index in [0.717, 1.165) is 12.1 Å². The van der Waals surface area contributed by atoms with Crippen molar-refractivity contribution in [3.8, 4) is 0 Å². The summed E-state index contributed by atoms with van der Waals surface area (Å²) in [5.41, 5.74) is 3.36. The van der Waals surface area contributed by atoms with Gasteiger partial charge >= 0.3 is 0 Å². The van der Waals surface area contributed by atoms with Crippen LogP contribution in [0.4, 0.5) is 0 Å². The Labute approximate surface area is 99.6 Å². The minimum Gasteiger partial charge on any atom is -0.362 e. The van der Waals surface area contributed by atoms with Gasteiger partial charge in [-0.15, -0.1) is 0 Å². The Morgan fingerprint density at radius 3 is 2.69 bits per heavy atom. The van der Waals surface area contributed by atoms with E-state index < -0.39 is 0 Å². The zero-order valence-electron chi connectivity index (χ0n) is 10.4. The highest BCUT2D eigenvalue weighted by Gasteiger charge is 2.07. The minimum atomic E-state index is 0.973. The van der Waals surface area contributed by atoms with Crippen LogP contribution in [0.5, 0.6) is 0 Å². The number of hydrogen-bond acceptors (Lipinski definition) is 1. The predicted octanol–water partition coefficient (Wildman–Crippen LogP) is 4.46. The van der Waals surface area contributed by atoms with Crippen LogP contribution in [0.2, 0.25) is 0 Å². The van der Waals surface area contributed by atoms with Crippen LogP contribution >= 0.6 is 0 Å². The van der Waals surface area contributed by atoms with Crippen molar-refractivity contribution in [1.82, 2.24) is 5.32 Å². The molecule has 0 unspecified atom stereocenters. The fraction of sp³-hybridized carbons (Fsp3) is 0.467. The monoisotopic (exact) mass is 217 g/mol. The van der Waals surface area contributed by atoms with Gasteiger partial charge in [-0.2, -0.15) is 0 Å². The quantitative estimate of drug-likeness (QED) is 0.621. The summed E-state index contributed by atoms with van der Waals surface area (Å²) in [6, 6.07) is 0. The van der Waals surface area contributed by atoms with Gasteiger partial charge in [0.25, 0.3) is 0 Å². The summed E-state index contributed by atoms with van der Waals surface area (Å²) in [5.74, 6) is 0. The highest BCUT2D eigenvalue weighted by Crippen LogP contribution is 2.22. The number of dihydropyridines is 1. The summed E-state index contributed by atoms with van der Waals surface area (Å²) < 4.78 is 0. The maximum atomic E-state index is 4.14. The van der Waals surface area contributed by atoms with Gasteiger partial charge in [-0.3, -0.25) is 0 Å². The molecule has 1 nitrogen and oxygen atoms in total. The van der Waals surface area contributed by atoms with Crippen molar-refractivity contribution < 1.29 is 0 Å². The van der Waals surface area contributed by atoms with E-state index in [9.17, 15) is 0 Å². The van der Waals surface area contributed by atoms with Crippen LogP contribution in [0.25, 0.3) is 0 Å². The van der Waals surface area contributed by atoms with E-state index in [-0.39, 0.29) is 0 Å². The molecule has 0 fully saturated rings. The van der Waals surface area contributed by atoms with Gasteiger partial charge in [-0.1, -0.05) is 51.8 Å². The van der Waals surface area contributed by atoms with Crippen LogP contribution in [-0.4, -0.2) is 0 Å². The van der Waals surface area contributed by atoms with E-state index in [0.29, 0.717) is 0 Å². The second-order valence-corrected chi connectivity index (χ2v) is 4.33. The number of unbranched alkanes of at least 4 members (excludes halogenated alkanes) is 4. The first kappa shape index (κ1) is 12.8. The summed E-state index contributed by atoms with van der Waals surface area (Å²) in [5, 5.41) is 3.12. The average Bonchev–Trinajstić information content (AvgIpc) is 2.29. The van der Waals surface area contributed by atoms with Crippen LogP contribution in [0.1, 0.15) is 45.4 Å². The third-order valence-electron chi connectivity index (χ3n) is 2.90. The molecule has 0 amide bonds. The van der Waals surface area contributed by atoms with E-state index in [2.05, 4.69) is 31.5 Å². The zero-order chi connectivity index (χ0) is 11.8. The van der Waals surface area contributed by atoms with E-state index in [4.69, 9.17) is 0 Å². The van der Waals surface area contributed by atoms with E-state index in [1.54, 1.807) is 0 Å². The van der Waals surface area contributed by atoms with Gasteiger partial charge in [0.2, 0.25) is 0 Å². The predicted molar refractivity (Wildman–Crippen MR) is 72.0 cm³/mol. The Kier molecular flexibility index (Phi) is 5.69. The van der Waals surface area contributed by atoms with E-state index in [1.807, 2.05) is 12.3 Å². The molecule has 0 saturated heterocycles. The van der Waals surface area contributed by atoms with Gasteiger partial charge in [0.1, 0.15) is 0 Å². The number of hydrogen-bond donors (Lipinski definition) is 1. The van der Waals surface area contributed by atoms with Crippen LogP contribution in [0.3, 0.4) is 0 Å². The topological polar surface area (TPSA) is 12.0 Å². The molecule has 1 rings (SSSR count).